The van der Waals surface area contributed by atoms with Crippen LogP contribution >= 0.6 is 23.2 Å². The molecule has 3 rings (SSSR count). The first kappa shape index (κ1) is 15.8. The molecule has 1 N–H and O–H groups in total. The van der Waals surface area contributed by atoms with Crippen LogP contribution in [0.1, 0.15) is 30.5 Å². The van der Waals surface area contributed by atoms with Gasteiger partial charge in [-0.05, 0) is 41.5 Å². The fourth-order valence-electron chi connectivity index (χ4n) is 2.61. The van der Waals surface area contributed by atoms with Gasteiger partial charge in [0.25, 0.3) is 0 Å². The SMILES string of the molecule is CC(=O)N1N=C(c2ccc(O)c(Cl)c2)CC1c1ccc(Cl)cc1. The van der Waals surface area contributed by atoms with Crippen molar-refractivity contribution in [2.75, 3.05) is 0 Å². The number of carbonyl (C=O) groups excluding carboxylic acids is 1. The van der Waals surface area contributed by atoms with Crippen molar-refractivity contribution in [1.82, 2.24) is 5.01 Å². The van der Waals surface area contributed by atoms with Crippen molar-refractivity contribution in [3.05, 3.63) is 63.6 Å². The van der Waals surface area contributed by atoms with Gasteiger partial charge in [-0.15, -0.1) is 0 Å². The van der Waals surface area contributed by atoms with Crippen molar-refractivity contribution in [3.8, 4) is 5.75 Å². The Labute approximate surface area is 143 Å². The molecule has 0 bridgehead atoms. The van der Waals surface area contributed by atoms with E-state index in [1.165, 1.54) is 18.0 Å². The molecule has 1 amide bonds. The quantitative estimate of drug-likeness (QED) is 0.874. The van der Waals surface area contributed by atoms with Gasteiger partial charge >= 0.3 is 0 Å². The van der Waals surface area contributed by atoms with E-state index in [1.807, 2.05) is 12.1 Å². The van der Waals surface area contributed by atoms with Gasteiger partial charge in [0, 0.05) is 18.4 Å². The molecule has 1 unspecified atom stereocenters. The van der Waals surface area contributed by atoms with Gasteiger partial charge in [-0.25, -0.2) is 5.01 Å². The summed E-state index contributed by atoms with van der Waals surface area (Å²) >= 11 is 11.9. The van der Waals surface area contributed by atoms with Crippen molar-refractivity contribution in [2.24, 2.45) is 5.10 Å². The summed E-state index contributed by atoms with van der Waals surface area (Å²) in [4.78, 5) is 11.9. The van der Waals surface area contributed by atoms with E-state index >= 15 is 0 Å². The Morgan fingerprint density at radius 1 is 1.22 bits per heavy atom. The summed E-state index contributed by atoms with van der Waals surface area (Å²) in [5.41, 5.74) is 2.51. The molecule has 1 aliphatic rings. The molecule has 118 valence electrons. The van der Waals surface area contributed by atoms with Gasteiger partial charge in [0.1, 0.15) is 5.75 Å². The fourth-order valence-corrected chi connectivity index (χ4v) is 2.91. The van der Waals surface area contributed by atoms with Crippen LogP contribution in [0.3, 0.4) is 0 Å². The third kappa shape index (κ3) is 3.19. The molecule has 0 saturated carbocycles. The number of nitrogens with zero attached hydrogens (tertiary/aromatic N) is 2. The Kier molecular flexibility index (Phi) is 4.28. The molecule has 0 radical (unpaired) electrons. The van der Waals surface area contributed by atoms with Crippen molar-refractivity contribution in [3.63, 3.8) is 0 Å². The molecule has 2 aromatic rings. The van der Waals surface area contributed by atoms with Crippen molar-refractivity contribution < 1.29 is 9.90 Å². The van der Waals surface area contributed by atoms with Crippen molar-refractivity contribution in [1.29, 1.82) is 0 Å². The fraction of sp³-hybridized carbons (Fsp3) is 0.176. The summed E-state index contributed by atoms with van der Waals surface area (Å²) in [7, 11) is 0. The topological polar surface area (TPSA) is 52.9 Å². The van der Waals surface area contributed by atoms with Gasteiger partial charge in [0.05, 0.1) is 16.8 Å². The van der Waals surface area contributed by atoms with E-state index in [9.17, 15) is 9.90 Å². The zero-order chi connectivity index (χ0) is 16.6. The van der Waals surface area contributed by atoms with Gasteiger partial charge in [-0.2, -0.15) is 5.10 Å². The van der Waals surface area contributed by atoms with Gasteiger partial charge in [0.2, 0.25) is 5.91 Å². The maximum atomic E-state index is 11.9. The minimum Gasteiger partial charge on any atom is -0.506 e. The van der Waals surface area contributed by atoms with Crippen LogP contribution in [-0.2, 0) is 4.79 Å². The Morgan fingerprint density at radius 2 is 1.91 bits per heavy atom. The molecule has 1 aliphatic heterocycles. The van der Waals surface area contributed by atoms with E-state index in [0.717, 1.165) is 16.8 Å². The number of amides is 1. The zero-order valence-corrected chi connectivity index (χ0v) is 13.8. The summed E-state index contributed by atoms with van der Waals surface area (Å²) in [5, 5.41) is 16.3. The highest BCUT2D eigenvalue weighted by Crippen LogP contribution is 2.34. The van der Waals surface area contributed by atoms with E-state index in [-0.39, 0.29) is 22.7 Å². The second kappa shape index (κ2) is 6.22. The van der Waals surface area contributed by atoms with Crippen LogP contribution in [0.5, 0.6) is 5.75 Å². The molecule has 0 spiro atoms. The summed E-state index contributed by atoms with van der Waals surface area (Å²) in [5.74, 6) is -0.114. The highest BCUT2D eigenvalue weighted by atomic mass is 35.5. The summed E-state index contributed by atoms with van der Waals surface area (Å²) in [6.07, 6.45) is 0.572. The lowest BCUT2D eigenvalue weighted by atomic mass is 9.98. The largest absolute Gasteiger partial charge is 0.506 e. The minimum atomic E-state index is -0.174. The molecule has 0 aromatic heterocycles. The van der Waals surface area contributed by atoms with Crippen molar-refractivity contribution in [2.45, 2.75) is 19.4 Å². The molecule has 2 aromatic carbocycles. The van der Waals surface area contributed by atoms with Crippen LogP contribution in [0, 0.1) is 0 Å². The van der Waals surface area contributed by atoms with E-state index in [4.69, 9.17) is 23.2 Å². The average Bonchev–Trinajstić information content (AvgIpc) is 2.96. The first-order valence-electron chi connectivity index (χ1n) is 7.07. The van der Waals surface area contributed by atoms with Crippen LogP contribution < -0.4 is 0 Å². The van der Waals surface area contributed by atoms with Crippen LogP contribution in [0.4, 0.5) is 0 Å². The lowest BCUT2D eigenvalue weighted by Crippen LogP contribution is -2.24. The number of hydrogen-bond acceptors (Lipinski definition) is 3. The predicted octanol–water partition coefficient (Wildman–Crippen LogP) is 4.40. The first-order chi connectivity index (χ1) is 11.0. The van der Waals surface area contributed by atoms with E-state index < -0.39 is 0 Å². The van der Waals surface area contributed by atoms with Gasteiger partial charge in [-0.1, -0.05) is 35.3 Å². The smallest absolute Gasteiger partial charge is 0.240 e. The summed E-state index contributed by atoms with van der Waals surface area (Å²) in [6, 6.07) is 12.1. The molecule has 1 atom stereocenters. The third-order valence-electron chi connectivity index (χ3n) is 3.77. The molecular weight excluding hydrogens is 335 g/mol. The molecule has 6 heteroatoms. The molecule has 0 saturated heterocycles. The highest BCUT2D eigenvalue weighted by molar-refractivity contribution is 6.32. The highest BCUT2D eigenvalue weighted by Gasteiger charge is 2.31. The number of carbonyl (C=O) groups is 1. The van der Waals surface area contributed by atoms with Gasteiger partial charge in [0.15, 0.2) is 0 Å². The van der Waals surface area contributed by atoms with E-state index in [2.05, 4.69) is 5.10 Å². The number of phenols is 1. The Hall–Kier alpha value is -2.04. The maximum absolute atomic E-state index is 11.9. The Morgan fingerprint density at radius 3 is 2.52 bits per heavy atom. The van der Waals surface area contributed by atoms with Crippen LogP contribution in [0.25, 0.3) is 0 Å². The third-order valence-corrected chi connectivity index (χ3v) is 4.32. The second-order valence-corrected chi connectivity index (χ2v) is 6.19. The monoisotopic (exact) mass is 348 g/mol. The maximum Gasteiger partial charge on any atom is 0.240 e. The van der Waals surface area contributed by atoms with Crippen LogP contribution in [0.15, 0.2) is 47.6 Å². The number of phenolic OH excluding ortho intramolecular Hbond substituents is 1. The van der Waals surface area contributed by atoms with Crippen molar-refractivity contribution >= 4 is 34.8 Å². The molecule has 1 heterocycles. The number of rotatable bonds is 2. The number of halogens is 2. The molecule has 23 heavy (non-hydrogen) atoms. The Balaban J connectivity index is 1.95. The summed E-state index contributed by atoms with van der Waals surface area (Å²) < 4.78 is 0. The standard InChI is InChI=1S/C17H14Cl2N2O2/c1-10(22)21-16(11-2-5-13(18)6-3-11)9-15(20-21)12-4-7-17(23)14(19)8-12/h2-8,16,23H,9H2,1H3. The molecule has 0 aliphatic carbocycles. The first-order valence-corrected chi connectivity index (χ1v) is 7.83. The lowest BCUT2D eigenvalue weighted by Gasteiger charge is -2.20. The number of benzene rings is 2. The minimum absolute atomic E-state index is 0.0201. The number of aromatic hydroxyl groups is 1. The zero-order valence-electron chi connectivity index (χ0n) is 12.3. The molecular formula is C17H14Cl2N2O2. The van der Waals surface area contributed by atoms with E-state index in [1.54, 1.807) is 24.3 Å². The molecule has 0 fully saturated rings. The number of hydrogen-bond donors (Lipinski definition) is 1. The second-order valence-electron chi connectivity index (χ2n) is 5.35. The Bertz CT molecular complexity index is 788. The van der Waals surface area contributed by atoms with Crippen LogP contribution in [-0.4, -0.2) is 21.7 Å². The predicted molar refractivity (Wildman–Crippen MR) is 91.0 cm³/mol. The normalized spacial score (nSPS) is 17.3. The van der Waals surface area contributed by atoms with Gasteiger partial charge < -0.3 is 5.11 Å². The average molecular weight is 349 g/mol. The lowest BCUT2D eigenvalue weighted by molar-refractivity contribution is -0.130. The summed E-state index contributed by atoms with van der Waals surface area (Å²) in [6.45, 7) is 1.49. The molecule has 4 nitrogen and oxygen atoms in total. The van der Waals surface area contributed by atoms with E-state index in [0.29, 0.717) is 11.4 Å². The van der Waals surface area contributed by atoms with Gasteiger partial charge in [-0.3, -0.25) is 4.79 Å². The number of hydrazone groups is 1. The van der Waals surface area contributed by atoms with Crippen LogP contribution in [0.2, 0.25) is 10.0 Å².